The minimum atomic E-state index is -4.10. The first-order chi connectivity index (χ1) is 7.04. The molecule has 4 nitrogen and oxygen atoms in total. The van der Waals surface area contributed by atoms with Gasteiger partial charge in [-0.3, -0.25) is 4.55 Å². The Balaban J connectivity index is 0. The first kappa shape index (κ1) is 15.8. The van der Waals surface area contributed by atoms with E-state index in [1.807, 2.05) is 0 Å². The van der Waals surface area contributed by atoms with Gasteiger partial charge in [0.15, 0.2) is 0 Å². The Labute approximate surface area is 119 Å². The molecule has 1 aromatic carbocycles. The van der Waals surface area contributed by atoms with Crippen molar-refractivity contribution in [3.05, 3.63) is 42.5 Å². The zero-order valence-corrected chi connectivity index (χ0v) is 11.9. The number of ether oxygens (including phenoxy) is 1. The van der Waals surface area contributed by atoms with Crippen LogP contribution in [0.15, 0.2) is 41.8 Å². The van der Waals surface area contributed by atoms with Gasteiger partial charge in [-0.25, -0.2) is 0 Å². The molecule has 0 saturated heterocycles. The summed E-state index contributed by atoms with van der Waals surface area (Å²) in [6.07, 6.45) is 1.63. The van der Waals surface area contributed by atoms with E-state index in [-0.39, 0.29) is 35.9 Å². The van der Waals surface area contributed by atoms with E-state index in [0.29, 0.717) is 13.2 Å². The molecule has 0 radical (unpaired) electrons. The molecule has 0 saturated carbocycles. The van der Waals surface area contributed by atoms with Crippen LogP contribution in [0.5, 0.6) is 0 Å². The van der Waals surface area contributed by atoms with Gasteiger partial charge in [-0.05, 0) is 17.7 Å². The Bertz CT molecular complexity index is 430. The van der Waals surface area contributed by atoms with E-state index in [9.17, 15) is 8.42 Å². The smallest absolute Gasteiger partial charge is 1.00 e. The second-order valence-electron chi connectivity index (χ2n) is 2.92. The molecule has 0 heterocycles. The van der Waals surface area contributed by atoms with Crippen LogP contribution >= 0.6 is 0 Å². The zero-order valence-electron chi connectivity index (χ0n) is 10.1. The molecular formula is C10H13NaO4S. The summed E-state index contributed by atoms with van der Waals surface area (Å²) in [6.45, 7) is 4.33. The summed E-state index contributed by atoms with van der Waals surface area (Å²) in [6, 6.07) is 5.85. The molecule has 0 amide bonds. The summed E-state index contributed by atoms with van der Waals surface area (Å²) in [5, 5.41) is 0. The normalized spacial score (nSPS) is 10.6. The van der Waals surface area contributed by atoms with E-state index in [4.69, 9.17) is 9.29 Å². The summed E-state index contributed by atoms with van der Waals surface area (Å²) in [7, 11) is -4.10. The van der Waals surface area contributed by atoms with Crippen molar-refractivity contribution < 1.29 is 48.7 Å². The molecule has 1 aromatic rings. The third kappa shape index (κ3) is 5.25. The van der Waals surface area contributed by atoms with Crippen molar-refractivity contribution in [1.82, 2.24) is 0 Å². The molecule has 0 unspecified atom stereocenters. The Morgan fingerprint density at radius 3 is 2.38 bits per heavy atom. The molecule has 6 heteroatoms. The number of hydrogen-bond acceptors (Lipinski definition) is 3. The van der Waals surface area contributed by atoms with Crippen LogP contribution < -0.4 is 29.6 Å². The maximum absolute atomic E-state index is 10.7. The van der Waals surface area contributed by atoms with Gasteiger partial charge in [0.2, 0.25) is 0 Å². The van der Waals surface area contributed by atoms with Gasteiger partial charge >= 0.3 is 29.6 Å². The molecule has 0 aliphatic rings. The van der Waals surface area contributed by atoms with E-state index in [0.717, 1.165) is 5.56 Å². The molecule has 0 spiro atoms. The average molecular weight is 252 g/mol. The van der Waals surface area contributed by atoms with Gasteiger partial charge < -0.3 is 6.16 Å². The summed E-state index contributed by atoms with van der Waals surface area (Å²) < 4.78 is 35.3. The maximum atomic E-state index is 10.7. The van der Waals surface area contributed by atoms with E-state index in [1.54, 1.807) is 18.2 Å². The number of rotatable bonds is 5. The fourth-order valence-electron chi connectivity index (χ4n) is 1.02. The predicted molar refractivity (Wildman–Crippen MR) is 57.2 cm³/mol. The minimum absolute atomic E-state index is 0. The van der Waals surface area contributed by atoms with Crippen LogP contribution in [0.3, 0.4) is 0 Å². The van der Waals surface area contributed by atoms with Gasteiger partial charge in [0.1, 0.15) is 0 Å². The van der Waals surface area contributed by atoms with Crippen LogP contribution in [0, 0.1) is 0 Å². The molecule has 0 aliphatic heterocycles. The second-order valence-corrected chi connectivity index (χ2v) is 4.34. The molecule has 0 aliphatic carbocycles. The van der Waals surface area contributed by atoms with Crippen LogP contribution in [0.2, 0.25) is 0 Å². The van der Waals surface area contributed by atoms with Gasteiger partial charge in [0.05, 0.1) is 18.1 Å². The third-order valence-corrected chi connectivity index (χ3v) is 2.59. The molecule has 0 bridgehead atoms. The standard InChI is InChI=1S/C10H12O4S.Na.H/c1-2-7-14-8-9-3-5-10(6-4-9)15(11,12)13;;/h2-6H,1,7-8H2,(H,11,12,13);;/q;+1;-1. The zero-order chi connectivity index (χ0) is 11.3. The molecule has 0 atom stereocenters. The van der Waals surface area contributed by atoms with Crippen molar-refractivity contribution in [1.29, 1.82) is 0 Å². The van der Waals surface area contributed by atoms with Crippen molar-refractivity contribution in [2.75, 3.05) is 6.61 Å². The Morgan fingerprint density at radius 2 is 1.94 bits per heavy atom. The predicted octanol–water partition coefficient (Wildman–Crippen LogP) is -1.25. The summed E-state index contributed by atoms with van der Waals surface area (Å²) in [4.78, 5) is -0.116. The topological polar surface area (TPSA) is 63.6 Å². The van der Waals surface area contributed by atoms with Crippen molar-refractivity contribution >= 4 is 10.1 Å². The fraction of sp³-hybridized carbons (Fsp3) is 0.200. The Hall–Kier alpha value is -0.170. The molecule has 84 valence electrons. The molecule has 16 heavy (non-hydrogen) atoms. The minimum Gasteiger partial charge on any atom is -1.00 e. The summed E-state index contributed by atoms with van der Waals surface area (Å²) in [5.74, 6) is 0. The number of hydrogen-bond donors (Lipinski definition) is 1. The molecule has 0 aromatic heterocycles. The first-order valence-corrected chi connectivity index (χ1v) is 5.73. The third-order valence-electron chi connectivity index (χ3n) is 1.73. The molecular weight excluding hydrogens is 239 g/mol. The van der Waals surface area contributed by atoms with Gasteiger partial charge in [-0.15, -0.1) is 6.58 Å². The Kier molecular flexibility index (Phi) is 7.14. The molecule has 0 fully saturated rings. The average Bonchev–Trinajstić information content (AvgIpc) is 2.18. The largest absolute Gasteiger partial charge is 1.00 e. The van der Waals surface area contributed by atoms with E-state index in [1.165, 1.54) is 12.1 Å². The summed E-state index contributed by atoms with van der Waals surface area (Å²) in [5.41, 5.74) is 0.837. The molecule has 1 rings (SSSR count). The second kappa shape index (κ2) is 7.21. The van der Waals surface area contributed by atoms with Crippen molar-refractivity contribution in [3.63, 3.8) is 0 Å². The Morgan fingerprint density at radius 1 is 1.38 bits per heavy atom. The summed E-state index contributed by atoms with van der Waals surface area (Å²) >= 11 is 0. The van der Waals surface area contributed by atoms with Crippen molar-refractivity contribution in [2.45, 2.75) is 11.5 Å². The molecule has 1 N–H and O–H groups in total. The van der Waals surface area contributed by atoms with E-state index in [2.05, 4.69) is 6.58 Å². The fourth-order valence-corrected chi connectivity index (χ4v) is 1.50. The maximum Gasteiger partial charge on any atom is 1.00 e. The van der Waals surface area contributed by atoms with E-state index >= 15 is 0 Å². The van der Waals surface area contributed by atoms with Gasteiger partial charge in [0.25, 0.3) is 10.1 Å². The van der Waals surface area contributed by atoms with Gasteiger partial charge in [-0.2, -0.15) is 8.42 Å². The van der Waals surface area contributed by atoms with E-state index < -0.39 is 10.1 Å². The monoisotopic (exact) mass is 252 g/mol. The van der Waals surface area contributed by atoms with Gasteiger partial charge in [-0.1, -0.05) is 18.2 Å². The quantitative estimate of drug-likeness (QED) is 0.308. The van der Waals surface area contributed by atoms with Crippen molar-refractivity contribution in [2.24, 2.45) is 0 Å². The van der Waals surface area contributed by atoms with Crippen LogP contribution in [0.25, 0.3) is 0 Å². The van der Waals surface area contributed by atoms with Crippen LogP contribution in [0.4, 0.5) is 0 Å². The van der Waals surface area contributed by atoms with Crippen LogP contribution in [-0.2, 0) is 21.5 Å². The van der Waals surface area contributed by atoms with Crippen molar-refractivity contribution in [3.8, 4) is 0 Å². The van der Waals surface area contributed by atoms with Gasteiger partial charge in [0, 0.05) is 0 Å². The first-order valence-electron chi connectivity index (χ1n) is 4.29. The number of benzene rings is 1. The van der Waals surface area contributed by atoms with Crippen LogP contribution in [0.1, 0.15) is 6.99 Å². The van der Waals surface area contributed by atoms with Crippen LogP contribution in [-0.4, -0.2) is 19.6 Å². The SMILES string of the molecule is C=CCOCc1ccc(S(=O)(=O)O)cc1.[H-].[Na+].